The predicted molar refractivity (Wildman–Crippen MR) is 68.9 cm³/mol. The summed E-state index contributed by atoms with van der Waals surface area (Å²) in [6.07, 6.45) is 0.648. The number of hydrogen-bond acceptors (Lipinski definition) is 6. The molecular weight excluding hydrogens is 276 g/mol. The molecule has 0 bridgehead atoms. The summed E-state index contributed by atoms with van der Waals surface area (Å²) in [5.41, 5.74) is -4.54. The number of fused-ring (bicyclic) bond motifs is 1. The second kappa shape index (κ2) is 3.43. The van der Waals surface area contributed by atoms with E-state index in [4.69, 9.17) is 9.47 Å². The lowest BCUT2D eigenvalue weighted by Crippen LogP contribution is -2.74. The van der Waals surface area contributed by atoms with Crippen molar-refractivity contribution in [2.45, 2.75) is 56.8 Å². The van der Waals surface area contributed by atoms with E-state index in [1.165, 1.54) is 0 Å². The molecule has 2 saturated carbocycles. The number of hydrogen-bond donors (Lipinski definition) is 2. The van der Waals surface area contributed by atoms with Crippen LogP contribution >= 0.6 is 0 Å². The number of esters is 2. The standard InChI is InChI=1S/C15H20O6/c1-8-3-4-14-12(2)7-20-11(18)15(12,19)9(16)5-13(8,14)6-10(17)21-14/h8-9,16,19H,3-7H2,1-2H3/t8-,9-,12+,13-,14-,15-/m1/s1. The molecule has 0 spiro atoms. The van der Waals surface area contributed by atoms with Crippen LogP contribution in [0.4, 0.5) is 0 Å². The summed E-state index contributed by atoms with van der Waals surface area (Å²) < 4.78 is 10.9. The van der Waals surface area contributed by atoms with Gasteiger partial charge in [0.1, 0.15) is 12.2 Å². The van der Waals surface area contributed by atoms with Gasteiger partial charge in [0.05, 0.1) is 17.9 Å². The molecule has 21 heavy (non-hydrogen) atoms. The monoisotopic (exact) mass is 296 g/mol. The van der Waals surface area contributed by atoms with Gasteiger partial charge in [0.15, 0.2) is 0 Å². The van der Waals surface area contributed by atoms with Crippen LogP contribution in [0.25, 0.3) is 0 Å². The molecule has 4 rings (SSSR count). The molecule has 2 aliphatic heterocycles. The van der Waals surface area contributed by atoms with E-state index in [1.807, 2.05) is 0 Å². The van der Waals surface area contributed by atoms with E-state index in [2.05, 4.69) is 6.92 Å². The largest absolute Gasteiger partial charge is 0.463 e. The maximum atomic E-state index is 12.1. The molecule has 0 unspecified atom stereocenters. The molecule has 0 aromatic carbocycles. The molecule has 4 aliphatic rings. The van der Waals surface area contributed by atoms with Crippen molar-refractivity contribution in [3.8, 4) is 0 Å². The zero-order valence-corrected chi connectivity index (χ0v) is 12.2. The Morgan fingerprint density at radius 2 is 2.05 bits per heavy atom. The van der Waals surface area contributed by atoms with Gasteiger partial charge in [-0.3, -0.25) is 4.79 Å². The van der Waals surface area contributed by atoms with Crippen LogP contribution in [0.1, 0.15) is 39.5 Å². The van der Waals surface area contributed by atoms with E-state index in [9.17, 15) is 19.8 Å². The zero-order chi connectivity index (χ0) is 15.3. The molecule has 0 aromatic heterocycles. The van der Waals surface area contributed by atoms with Gasteiger partial charge in [0, 0.05) is 5.41 Å². The quantitative estimate of drug-likeness (QED) is 0.618. The van der Waals surface area contributed by atoms with Gasteiger partial charge in [-0.15, -0.1) is 0 Å². The van der Waals surface area contributed by atoms with Gasteiger partial charge >= 0.3 is 11.9 Å². The summed E-state index contributed by atoms with van der Waals surface area (Å²) in [7, 11) is 0. The summed E-state index contributed by atoms with van der Waals surface area (Å²) in [5.74, 6) is -0.919. The lowest BCUT2D eigenvalue weighted by atomic mass is 9.46. The van der Waals surface area contributed by atoms with E-state index < -0.39 is 34.1 Å². The third-order valence-corrected chi connectivity index (χ3v) is 7.00. The first kappa shape index (κ1) is 13.5. The average molecular weight is 296 g/mol. The van der Waals surface area contributed by atoms with Crippen molar-refractivity contribution in [2.75, 3.05) is 6.61 Å². The molecule has 6 heteroatoms. The van der Waals surface area contributed by atoms with Gasteiger partial charge in [-0.2, -0.15) is 0 Å². The smallest absolute Gasteiger partial charge is 0.341 e. The van der Waals surface area contributed by atoms with Crippen molar-refractivity contribution >= 4 is 11.9 Å². The Kier molecular flexibility index (Phi) is 2.21. The molecule has 0 radical (unpaired) electrons. The summed E-state index contributed by atoms with van der Waals surface area (Å²) in [6, 6.07) is 0. The van der Waals surface area contributed by atoms with E-state index in [0.717, 1.165) is 6.42 Å². The van der Waals surface area contributed by atoms with E-state index in [-0.39, 0.29) is 31.3 Å². The highest BCUT2D eigenvalue weighted by Gasteiger charge is 2.85. The van der Waals surface area contributed by atoms with Crippen LogP contribution in [0.3, 0.4) is 0 Å². The number of aliphatic hydroxyl groups excluding tert-OH is 1. The first-order chi connectivity index (χ1) is 9.73. The highest BCUT2D eigenvalue weighted by molar-refractivity contribution is 5.86. The third kappa shape index (κ3) is 1.07. The first-order valence-corrected chi connectivity index (χ1v) is 7.53. The van der Waals surface area contributed by atoms with Crippen LogP contribution in [0.15, 0.2) is 0 Å². The van der Waals surface area contributed by atoms with Crippen molar-refractivity contribution in [1.29, 1.82) is 0 Å². The molecule has 2 N–H and O–H groups in total. The molecule has 2 saturated heterocycles. The van der Waals surface area contributed by atoms with Crippen LogP contribution in [-0.4, -0.2) is 46.1 Å². The maximum Gasteiger partial charge on any atom is 0.341 e. The number of aliphatic hydroxyl groups is 2. The Labute approximate surface area is 122 Å². The van der Waals surface area contributed by atoms with E-state index in [1.54, 1.807) is 6.92 Å². The second-order valence-electron chi connectivity index (χ2n) is 7.47. The van der Waals surface area contributed by atoms with Gasteiger partial charge < -0.3 is 19.7 Å². The minimum atomic E-state index is -1.99. The second-order valence-corrected chi connectivity index (χ2v) is 7.47. The Hall–Kier alpha value is -1.14. The van der Waals surface area contributed by atoms with Crippen LogP contribution < -0.4 is 0 Å². The van der Waals surface area contributed by atoms with Crippen molar-refractivity contribution in [3.63, 3.8) is 0 Å². The van der Waals surface area contributed by atoms with Gasteiger partial charge in [-0.1, -0.05) is 6.92 Å². The highest BCUT2D eigenvalue weighted by atomic mass is 16.6. The predicted octanol–water partition coefficient (Wildman–Crippen LogP) is 0.147. The highest BCUT2D eigenvalue weighted by Crippen LogP contribution is 2.73. The SMILES string of the molecule is C[C@@H]1CC[C@]23OC(=O)C[C@]12C[C@@H](O)[C@@]1(O)C(=O)OC[C@@]31C. The fourth-order valence-electron chi connectivity index (χ4n) is 5.75. The molecule has 0 amide bonds. The minimum absolute atomic E-state index is 0.0266. The Morgan fingerprint density at radius 1 is 1.33 bits per heavy atom. The molecule has 116 valence electrons. The molecular formula is C15H20O6. The van der Waals surface area contributed by atoms with E-state index >= 15 is 0 Å². The number of rotatable bonds is 0. The van der Waals surface area contributed by atoms with Crippen LogP contribution in [-0.2, 0) is 19.1 Å². The number of carbonyl (C=O) groups is 2. The lowest BCUT2D eigenvalue weighted by Gasteiger charge is -2.58. The Balaban J connectivity index is 1.98. The summed E-state index contributed by atoms with van der Waals surface area (Å²) in [6.45, 7) is 3.74. The fourth-order valence-corrected chi connectivity index (χ4v) is 5.75. The van der Waals surface area contributed by atoms with Gasteiger partial charge in [-0.25, -0.2) is 4.79 Å². The summed E-state index contributed by atoms with van der Waals surface area (Å²) in [4.78, 5) is 24.2. The average Bonchev–Trinajstić information content (AvgIpc) is 2.95. The van der Waals surface area contributed by atoms with Crippen molar-refractivity contribution < 1.29 is 29.3 Å². The van der Waals surface area contributed by atoms with Gasteiger partial charge in [0.2, 0.25) is 5.60 Å². The molecule has 2 heterocycles. The fraction of sp³-hybridized carbons (Fsp3) is 0.867. The molecule has 2 aliphatic carbocycles. The third-order valence-electron chi connectivity index (χ3n) is 7.00. The molecule has 6 nitrogen and oxygen atoms in total. The Morgan fingerprint density at radius 3 is 2.76 bits per heavy atom. The minimum Gasteiger partial charge on any atom is -0.463 e. The van der Waals surface area contributed by atoms with Crippen LogP contribution in [0.5, 0.6) is 0 Å². The van der Waals surface area contributed by atoms with Gasteiger partial charge in [-0.05, 0) is 32.1 Å². The van der Waals surface area contributed by atoms with Crippen molar-refractivity contribution in [3.05, 3.63) is 0 Å². The van der Waals surface area contributed by atoms with Crippen molar-refractivity contribution in [1.82, 2.24) is 0 Å². The number of carbonyl (C=O) groups excluding carboxylic acids is 2. The van der Waals surface area contributed by atoms with Crippen LogP contribution in [0, 0.1) is 16.7 Å². The number of ether oxygens (including phenoxy) is 2. The van der Waals surface area contributed by atoms with Crippen molar-refractivity contribution in [2.24, 2.45) is 16.7 Å². The number of cyclic esters (lactones) is 1. The van der Waals surface area contributed by atoms with Crippen LogP contribution in [0.2, 0.25) is 0 Å². The molecule has 0 aromatic rings. The normalized spacial score (nSPS) is 58.3. The van der Waals surface area contributed by atoms with E-state index in [0.29, 0.717) is 6.42 Å². The Bertz CT molecular complexity index is 560. The maximum absolute atomic E-state index is 12.1. The topological polar surface area (TPSA) is 93.1 Å². The molecule has 6 atom stereocenters. The molecule has 4 fully saturated rings. The van der Waals surface area contributed by atoms with Gasteiger partial charge in [0.25, 0.3) is 0 Å². The summed E-state index contributed by atoms with van der Waals surface area (Å²) in [5, 5.41) is 21.5. The summed E-state index contributed by atoms with van der Waals surface area (Å²) >= 11 is 0. The zero-order valence-electron chi connectivity index (χ0n) is 12.2. The first-order valence-electron chi connectivity index (χ1n) is 7.53. The lowest BCUT2D eigenvalue weighted by molar-refractivity contribution is -0.263.